The molecule has 40 heavy (non-hydrogen) atoms. The number of hydrogen-bond acceptors (Lipinski definition) is 6. The van der Waals surface area contributed by atoms with Crippen LogP contribution in [0.1, 0.15) is 48.3 Å². The van der Waals surface area contributed by atoms with E-state index >= 15 is 0 Å². The lowest BCUT2D eigenvalue weighted by Crippen LogP contribution is -2.38. The maximum Gasteiger partial charge on any atom is 0.315 e. The predicted octanol–water partition coefficient (Wildman–Crippen LogP) is 6.20. The summed E-state index contributed by atoms with van der Waals surface area (Å²) in [4.78, 5) is 32.1. The molecule has 0 amide bonds. The molecule has 3 aromatic carbocycles. The predicted molar refractivity (Wildman–Crippen MR) is 150 cm³/mol. The van der Waals surface area contributed by atoms with Crippen LogP contribution in [0.25, 0.3) is 0 Å². The topological polar surface area (TPSA) is 74.2 Å². The molecule has 7 heteroatoms. The van der Waals surface area contributed by atoms with Crippen molar-refractivity contribution in [2.24, 2.45) is 10.9 Å². The number of carbonyl (C=O) groups is 2. The lowest BCUT2D eigenvalue weighted by atomic mass is 9.69. The number of carbonyl (C=O) groups excluding carboxylic acids is 2. The van der Waals surface area contributed by atoms with Gasteiger partial charge in [0.2, 0.25) is 0 Å². The van der Waals surface area contributed by atoms with Crippen molar-refractivity contribution in [2.45, 2.75) is 38.0 Å². The molecule has 2 aliphatic rings. The number of benzene rings is 3. The number of hydrogen-bond donors (Lipinski definition) is 0. The van der Waals surface area contributed by atoms with Gasteiger partial charge in [-0.15, -0.1) is 0 Å². The van der Waals surface area contributed by atoms with E-state index in [0.717, 1.165) is 11.1 Å². The number of ether oxygens (including phenoxy) is 3. The summed E-state index contributed by atoms with van der Waals surface area (Å²) in [7, 11) is 3.16. The number of aliphatic imine (C=N–C) groups is 1. The van der Waals surface area contributed by atoms with Gasteiger partial charge < -0.3 is 14.2 Å². The third kappa shape index (κ3) is 5.55. The number of allylic oxidation sites excluding steroid dienone is 2. The zero-order valence-electron chi connectivity index (χ0n) is 22.9. The lowest BCUT2D eigenvalue weighted by molar-refractivity contribution is -0.146. The fraction of sp³-hybridized carbons (Fsp3) is 0.303. The second kappa shape index (κ2) is 11.9. The van der Waals surface area contributed by atoms with Gasteiger partial charge in [-0.25, -0.2) is 4.39 Å². The molecule has 1 aliphatic heterocycles. The molecule has 0 bridgehead atoms. The van der Waals surface area contributed by atoms with E-state index < -0.39 is 17.8 Å². The summed E-state index contributed by atoms with van der Waals surface area (Å²) >= 11 is 0. The van der Waals surface area contributed by atoms with Crippen LogP contribution in [0.2, 0.25) is 0 Å². The molecule has 1 unspecified atom stereocenters. The van der Waals surface area contributed by atoms with Crippen LogP contribution in [0, 0.1) is 11.7 Å². The molecule has 0 aromatic heterocycles. The number of nitrogens with zero attached hydrogens (tertiary/aromatic N) is 1. The molecule has 1 heterocycles. The van der Waals surface area contributed by atoms with Crippen LogP contribution in [-0.4, -0.2) is 38.3 Å². The van der Waals surface area contributed by atoms with Gasteiger partial charge in [0.15, 0.2) is 17.3 Å². The minimum atomic E-state index is -0.776. The number of rotatable bonds is 8. The molecule has 0 radical (unpaired) electrons. The molecule has 0 spiro atoms. The molecular formula is C33H32FNO5. The van der Waals surface area contributed by atoms with Gasteiger partial charge in [0.1, 0.15) is 11.7 Å². The van der Waals surface area contributed by atoms with E-state index in [0.29, 0.717) is 46.9 Å². The van der Waals surface area contributed by atoms with E-state index in [1.807, 2.05) is 48.5 Å². The normalized spacial score (nSPS) is 20.4. The van der Waals surface area contributed by atoms with Crippen LogP contribution in [-0.2, 0) is 20.7 Å². The first-order valence-electron chi connectivity index (χ1n) is 13.4. The van der Waals surface area contributed by atoms with Gasteiger partial charge in [-0.2, -0.15) is 0 Å². The van der Waals surface area contributed by atoms with Gasteiger partial charge in [-0.1, -0.05) is 48.5 Å². The minimum absolute atomic E-state index is 0.0753. The van der Waals surface area contributed by atoms with Crippen molar-refractivity contribution in [1.29, 1.82) is 0 Å². The van der Waals surface area contributed by atoms with Gasteiger partial charge in [0, 0.05) is 35.7 Å². The zero-order chi connectivity index (χ0) is 28.2. The molecule has 5 rings (SSSR count). The van der Waals surface area contributed by atoms with Crippen LogP contribution >= 0.6 is 0 Å². The van der Waals surface area contributed by atoms with E-state index in [2.05, 4.69) is 0 Å². The first kappa shape index (κ1) is 27.3. The van der Waals surface area contributed by atoms with Crippen molar-refractivity contribution < 1.29 is 28.2 Å². The largest absolute Gasteiger partial charge is 0.493 e. The second-order valence-electron chi connectivity index (χ2n) is 10.2. The van der Waals surface area contributed by atoms with E-state index in [1.165, 1.54) is 12.1 Å². The van der Waals surface area contributed by atoms with Crippen molar-refractivity contribution in [3.63, 3.8) is 0 Å². The summed E-state index contributed by atoms with van der Waals surface area (Å²) in [6, 6.07) is 21.4. The van der Waals surface area contributed by atoms with Crippen LogP contribution in [0.15, 0.2) is 89.1 Å². The van der Waals surface area contributed by atoms with E-state index in [9.17, 15) is 14.0 Å². The van der Waals surface area contributed by atoms with Crippen LogP contribution in [0.3, 0.4) is 0 Å². The monoisotopic (exact) mass is 541 g/mol. The van der Waals surface area contributed by atoms with Gasteiger partial charge >= 0.3 is 5.97 Å². The number of Topliss-reactive ketones (excluding diaryl/α,β-unsaturated/α-hetero) is 1. The van der Waals surface area contributed by atoms with Crippen molar-refractivity contribution >= 4 is 17.5 Å². The summed E-state index contributed by atoms with van der Waals surface area (Å²) in [5, 5.41) is 0. The molecule has 3 aromatic rings. The third-order valence-electron chi connectivity index (χ3n) is 7.73. The summed E-state index contributed by atoms with van der Waals surface area (Å²) in [6.07, 6.45) is 1.37. The summed E-state index contributed by atoms with van der Waals surface area (Å²) in [6.45, 7) is 2.01. The minimum Gasteiger partial charge on any atom is -0.493 e. The molecule has 0 fully saturated rings. The molecule has 0 N–H and O–H groups in total. The van der Waals surface area contributed by atoms with Crippen LogP contribution < -0.4 is 9.47 Å². The number of methoxy groups -OCH3 is 2. The Morgan fingerprint density at radius 3 is 2.33 bits per heavy atom. The Kier molecular flexibility index (Phi) is 8.10. The summed E-state index contributed by atoms with van der Waals surface area (Å²) in [5.41, 5.74) is 4.46. The highest BCUT2D eigenvalue weighted by molar-refractivity contribution is 6.09. The number of halogens is 1. The second-order valence-corrected chi connectivity index (χ2v) is 10.2. The molecule has 3 atom stereocenters. The Labute approximate surface area is 233 Å². The summed E-state index contributed by atoms with van der Waals surface area (Å²) < 4.78 is 30.4. The fourth-order valence-electron chi connectivity index (χ4n) is 5.74. The van der Waals surface area contributed by atoms with Crippen LogP contribution in [0.5, 0.6) is 11.5 Å². The Morgan fingerprint density at radius 1 is 0.925 bits per heavy atom. The summed E-state index contributed by atoms with van der Waals surface area (Å²) in [5.74, 6) is -1.17. The van der Waals surface area contributed by atoms with Gasteiger partial charge in [0.25, 0.3) is 0 Å². The van der Waals surface area contributed by atoms with Gasteiger partial charge in [0.05, 0.1) is 20.8 Å². The average Bonchev–Trinajstić information content (AvgIpc) is 2.96. The molecule has 0 saturated carbocycles. The Morgan fingerprint density at radius 2 is 1.62 bits per heavy atom. The first-order valence-corrected chi connectivity index (χ1v) is 13.4. The molecule has 0 saturated heterocycles. The molecule has 206 valence electrons. The Balaban J connectivity index is 1.46. The maximum absolute atomic E-state index is 13.9. The average molecular weight is 542 g/mol. The van der Waals surface area contributed by atoms with Crippen LogP contribution in [0.4, 0.5) is 4.39 Å². The van der Waals surface area contributed by atoms with Crippen molar-refractivity contribution in [1.82, 2.24) is 0 Å². The smallest absolute Gasteiger partial charge is 0.315 e. The Bertz CT molecular complexity index is 1460. The maximum atomic E-state index is 13.9. The van der Waals surface area contributed by atoms with Gasteiger partial charge in [-0.3, -0.25) is 14.6 Å². The first-order chi connectivity index (χ1) is 19.4. The number of esters is 1. The van der Waals surface area contributed by atoms with Gasteiger partial charge in [-0.05, 0) is 60.2 Å². The van der Waals surface area contributed by atoms with Crippen molar-refractivity contribution in [3.8, 4) is 11.5 Å². The fourth-order valence-corrected chi connectivity index (χ4v) is 5.74. The van der Waals surface area contributed by atoms with Crippen molar-refractivity contribution in [3.05, 3.63) is 107 Å². The highest BCUT2D eigenvalue weighted by Crippen LogP contribution is 2.47. The number of ketones is 1. The van der Waals surface area contributed by atoms with E-state index in [4.69, 9.17) is 19.2 Å². The lowest BCUT2D eigenvalue weighted by Gasteiger charge is -2.36. The Hall–Kier alpha value is -4.26. The van der Waals surface area contributed by atoms with E-state index in [-0.39, 0.29) is 30.5 Å². The highest BCUT2D eigenvalue weighted by atomic mass is 19.1. The molecule has 1 aliphatic carbocycles. The highest BCUT2D eigenvalue weighted by Gasteiger charge is 2.44. The standard InChI is InChI=1S/C33H32FNO5/c1-20-30(33(37)40-16-15-21-7-5-4-6-8-21)31(22-9-12-25(34)13-10-22)32-26(35-20)17-24(18-27(32)36)23-11-14-28(38-2)29(19-23)39-3/h4-14,19,24,30-31H,15-18H2,1-3H3/t24-,30?,31-/m0/s1. The SMILES string of the molecule is COc1ccc([C@@H]2CC(=O)C3=C(C2)N=C(C)C(C(=O)OCCc2ccccc2)[C@@H]3c2ccc(F)cc2)cc1OC. The molecular weight excluding hydrogens is 509 g/mol. The van der Waals surface area contributed by atoms with Crippen molar-refractivity contribution in [2.75, 3.05) is 20.8 Å². The zero-order valence-corrected chi connectivity index (χ0v) is 22.9. The van der Waals surface area contributed by atoms with E-state index in [1.54, 1.807) is 33.3 Å². The molecule has 6 nitrogen and oxygen atoms in total. The quantitative estimate of drug-likeness (QED) is 0.317. The third-order valence-corrected chi connectivity index (χ3v) is 7.73.